The summed E-state index contributed by atoms with van der Waals surface area (Å²) in [5.74, 6) is 0.623. The van der Waals surface area contributed by atoms with Crippen LogP contribution in [0, 0.1) is 5.92 Å². The fourth-order valence-electron chi connectivity index (χ4n) is 1.96. The molecular formula is C11H18N4O3S2. The predicted molar refractivity (Wildman–Crippen MR) is 77.7 cm³/mol. The molecule has 2 N–H and O–H groups in total. The molecule has 2 amide bonds. The maximum atomic E-state index is 11.7. The largest absolute Gasteiger partial charge is 0.334 e. The molecule has 0 spiro atoms. The van der Waals surface area contributed by atoms with Crippen molar-refractivity contribution in [2.24, 2.45) is 5.92 Å². The molecule has 20 heavy (non-hydrogen) atoms. The standard InChI is InChI=1S/C11H18N4O3S2/c1-7(2)5-9-14-15-11(19-9)13-10(16)12-8-3-4-20(17,18)6-8/h7-8H,3-6H2,1-2H3,(H2,12,13,15,16)/t8-/m1/s1. The van der Waals surface area contributed by atoms with Gasteiger partial charge < -0.3 is 5.32 Å². The van der Waals surface area contributed by atoms with E-state index >= 15 is 0 Å². The van der Waals surface area contributed by atoms with E-state index in [1.807, 2.05) is 0 Å². The highest BCUT2D eigenvalue weighted by Crippen LogP contribution is 2.18. The summed E-state index contributed by atoms with van der Waals surface area (Å²) in [6.45, 7) is 4.17. The van der Waals surface area contributed by atoms with E-state index in [2.05, 4.69) is 34.7 Å². The minimum absolute atomic E-state index is 0.00907. The van der Waals surface area contributed by atoms with Gasteiger partial charge in [0.1, 0.15) is 5.01 Å². The van der Waals surface area contributed by atoms with Crippen molar-refractivity contribution in [2.45, 2.75) is 32.7 Å². The number of carbonyl (C=O) groups excluding carboxylic acids is 1. The second-order valence-corrected chi connectivity index (χ2v) is 8.59. The Morgan fingerprint density at radius 1 is 1.45 bits per heavy atom. The van der Waals surface area contributed by atoms with Gasteiger partial charge in [-0.3, -0.25) is 5.32 Å². The molecule has 1 aromatic heterocycles. The lowest BCUT2D eigenvalue weighted by molar-refractivity contribution is 0.249. The van der Waals surface area contributed by atoms with Crippen LogP contribution >= 0.6 is 11.3 Å². The van der Waals surface area contributed by atoms with Crippen molar-refractivity contribution in [2.75, 3.05) is 16.8 Å². The van der Waals surface area contributed by atoms with Crippen LogP contribution in [0.25, 0.3) is 0 Å². The van der Waals surface area contributed by atoms with Crippen LogP contribution in [0.2, 0.25) is 0 Å². The number of sulfone groups is 1. The van der Waals surface area contributed by atoms with E-state index < -0.39 is 15.9 Å². The number of rotatable bonds is 4. The first-order valence-corrected chi connectivity index (χ1v) is 9.08. The fraction of sp³-hybridized carbons (Fsp3) is 0.727. The topological polar surface area (TPSA) is 101 Å². The number of carbonyl (C=O) groups is 1. The predicted octanol–water partition coefficient (Wildman–Crippen LogP) is 1.05. The van der Waals surface area contributed by atoms with Crippen LogP contribution < -0.4 is 10.6 Å². The first-order chi connectivity index (χ1) is 9.34. The van der Waals surface area contributed by atoms with Gasteiger partial charge in [-0.1, -0.05) is 25.2 Å². The van der Waals surface area contributed by atoms with Crippen LogP contribution in [0.15, 0.2) is 0 Å². The maximum absolute atomic E-state index is 11.7. The highest BCUT2D eigenvalue weighted by Gasteiger charge is 2.29. The Labute approximate surface area is 122 Å². The number of hydrogen-bond donors (Lipinski definition) is 2. The first kappa shape index (κ1) is 15.2. The monoisotopic (exact) mass is 318 g/mol. The van der Waals surface area contributed by atoms with Gasteiger partial charge in [-0.25, -0.2) is 13.2 Å². The summed E-state index contributed by atoms with van der Waals surface area (Å²) in [5, 5.41) is 14.4. The van der Waals surface area contributed by atoms with E-state index in [0.717, 1.165) is 11.4 Å². The van der Waals surface area contributed by atoms with E-state index in [4.69, 9.17) is 0 Å². The van der Waals surface area contributed by atoms with Gasteiger partial charge in [-0.05, 0) is 12.3 Å². The van der Waals surface area contributed by atoms with Crippen molar-refractivity contribution in [3.63, 3.8) is 0 Å². The average molecular weight is 318 g/mol. The summed E-state index contributed by atoms with van der Waals surface area (Å²) in [4.78, 5) is 11.7. The Balaban J connectivity index is 1.84. The van der Waals surface area contributed by atoms with Gasteiger partial charge in [0.05, 0.1) is 11.5 Å². The fourth-order valence-corrected chi connectivity index (χ4v) is 4.58. The molecule has 9 heteroatoms. The zero-order valence-electron chi connectivity index (χ0n) is 11.4. The molecule has 7 nitrogen and oxygen atoms in total. The summed E-state index contributed by atoms with van der Waals surface area (Å²) < 4.78 is 22.6. The van der Waals surface area contributed by atoms with Gasteiger partial charge in [0.25, 0.3) is 0 Å². The molecule has 1 fully saturated rings. The molecule has 112 valence electrons. The Kier molecular flexibility index (Phi) is 4.59. The number of nitrogens with one attached hydrogen (secondary N) is 2. The molecule has 1 atom stereocenters. The first-order valence-electron chi connectivity index (χ1n) is 6.44. The molecule has 0 bridgehead atoms. The molecule has 0 radical (unpaired) electrons. The Bertz CT molecular complexity index is 582. The van der Waals surface area contributed by atoms with Crippen molar-refractivity contribution < 1.29 is 13.2 Å². The summed E-state index contributed by atoms with van der Waals surface area (Å²) in [7, 11) is -2.99. The SMILES string of the molecule is CC(C)Cc1nnc(NC(=O)N[C@@H]2CCS(=O)(=O)C2)s1. The second-order valence-electron chi connectivity index (χ2n) is 5.30. The number of aromatic nitrogens is 2. The van der Waals surface area contributed by atoms with Crippen LogP contribution in [-0.2, 0) is 16.3 Å². The van der Waals surface area contributed by atoms with Crippen molar-refractivity contribution in [1.82, 2.24) is 15.5 Å². The molecule has 0 aromatic carbocycles. The van der Waals surface area contributed by atoms with E-state index in [1.54, 1.807) is 0 Å². The zero-order chi connectivity index (χ0) is 14.8. The Morgan fingerprint density at radius 3 is 2.80 bits per heavy atom. The molecule has 0 unspecified atom stereocenters. The molecule has 0 aliphatic carbocycles. The van der Waals surface area contributed by atoms with E-state index in [-0.39, 0.29) is 17.5 Å². The maximum Gasteiger partial charge on any atom is 0.321 e. The third-order valence-corrected chi connectivity index (χ3v) is 5.47. The molecule has 1 aliphatic rings. The van der Waals surface area contributed by atoms with Crippen LogP contribution in [-0.4, -0.2) is 42.2 Å². The number of nitrogens with zero attached hydrogens (tertiary/aromatic N) is 2. The van der Waals surface area contributed by atoms with E-state index in [1.165, 1.54) is 11.3 Å². The molecule has 2 heterocycles. The second kappa shape index (κ2) is 6.04. The molecule has 1 saturated heterocycles. The molecule has 1 aliphatic heterocycles. The Morgan fingerprint density at radius 2 is 2.20 bits per heavy atom. The minimum Gasteiger partial charge on any atom is -0.334 e. The minimum atomic E-state index is -2.99. The third-order valence-electron chi connectivity index (χ3n) is 2.84. The summed E-state index contributed by atoms with van der Waals surface area (Å²) >= 11 is 1.33. The Hall–Kier alpha value is -1.22. The molecule has 2 rings (SSSR count). The van der Waals surface area contributed by atoms with Gasteiger partial charge in [0, 0.05) is 12.5 Å². The van der Waals surface area contributed by atoms with Crippen molar-refractivity contribution >= 4 is 32.3 Å². The van der Waals surface area contributed by atoms with Crippen LogP contribution in [0.1, 0.15) is 25.3 Å². The van der Waals surface area contributed by atoms with Gasteiger partial charge >= 0.3 is 6.03 Å². The smallest absolute Gasteiger partial charge is 0.321 e. The molecule has 0 saturated carbocycles. The van der Waals surface area contributed by atoms with Crippen molar-refractivity contribution in [3.05, 3.63) is 5.01 Å². The lowest BCUT2D eigenvalue weighted by Gasteiger charge is -2.10. The number of amides is 2. The lowest BCUT2D eigenvalue weighted by atomic mass is 10.1. The van der Waals surface area contributed by atoms with Crippen LogP contribution in [0.4, 0.5) is 9.93 Å². The highest BCUT2D eigenvalue weighted by atomic mass is 32.2. The lowest BCUT2D eigenvalue weighted by Crippen LogP contribution is -2.38. The normalized spacial score (nSPS) is 21.1. The number of anilines is 1. The molecular weight excluding hydrogens is 300 g/mol. The summed E-state index contributed by atoms with van der Waals surface area (Å²) in [6.07, 6.45) is 1.28. The zero-order valence-corrected chi connectivity index (χ0v) is 13.1. The number of hydrogen-bond acceptors (Lipinski definition) is 6. The van der Waals surface area contributed by atoms with Crippen LogP contribution in [0.5, 0.6) is 0 Å². The van der Waals surface area contributed by atoms with E-state index in [9.17, 15) is 13.2 Å². The van der Waals surface area contributed by atoms with Gasteiger partial charge in [-0.15, -0.1) is 10.2 Å². The quantitative estimate of drug-likeness (QED) is 0.864. The number of urea groups is 1. The average Bonchev–Trinajstić information content (AvgIpc) is 2.85. The van der Waals surface area contributed by atoms with Crippen molar-refractivity contribution in [3.8, 4) is 0 Å². The molecule has 1 aromatic rings. The van der Waals surface area contributed by atoms with Gasteiger partial charge in [0.2, 0.25) is 5.13 Å². The van der Waals surface area contributed by atoms with Gasteiger partial charge in [-0.2, -0.15) is 0 Å². The summed E-state index contributed by atoms with van der Waals surface area (Å²) in [5.41, 5.74) is 0. The summed E-state index contributed by atoms with van der Waals surface area (Å²) in [6, 6.07) is -0.748. The highest BCUT2D eigenvalue weighted by molar-refractivity contribution is 7.91. The van der Waals surface area contributed by atoms with Crippen molar-refractivity contribution in [1.29, 1.82) is 0 Å². The third kappa shape index (κ3) is 4.41. The van der Waals surface area contributed by atoms with E-state index in [0.29, 0.717) is 17.5 Å². The van der Waals surface area contributed by atoms with Crippen LogP contribution in [0.3, 0.4) is 0 Å². The van der Waals surface area contributed by atoms with Gasteiger partial charge in [0.15, 0.2) is 9.84 Å².